The fourth-order valence-electron chi connectivity index (χ4n) is 3.58. The molecule has 4 rings (SSSR count). The number of carbonyl (C=O) groups is 4. The molecule has 0 radical (unpaired) electrons. The molecule has 178 valence electrons. The van der Waals surface area contributed by atoms with Crippen LogP contribution < -0.4 is 0 Å². The Morgan fingerprint density at radius 1 is 0.686 bits per heavy atom. The van der Waals surface area contributed by atoms with Crippen molar-refractivity contribution < 1.29 is 38.1 Å². The molecule has 3 aromatic rings. The molecule has 0 bridgehead atoms. The maximum Gasteiger partial charge on any atom is 0.352 e. The van der Waals surface area contributed by atoms with E-state index in [2.05, 4.69) is 0 Å². The van der Waals surface area contributed by atoms with Crippen LogP contribution in [0.1, 0.15) is 38.0 Å². The molecule has 0 amide bonds. The first-order valence-electron chi connectivity index (χ1n) is 10.9. The number of rotatable bonds is 7. The van der Waals surface area contributed by atoms with Crippen molar-refractivity contribution in [3.63, 3.8) is 0 Å². The zero-order chi connectivity index (χ0) is 24.8. The third kappa shape index (κ3) is 5.55. The van der Waals surface area contributed by atoms with Crippen LogP contribution in [0, 0.1) is 0 Å². The number of carbonyl (C=O) groups excluding carboxylic acids is 4. The molecule has 8 heteroatoms. The Balaban J connectivity index is 1.56. The van der Waals surface area contributed by atoms with Crippen molar-refractivity contribution in [1.82, 2.24) is 0 Å². The minimum absolute atomic E-state index is 0.209. The number of cyclic esters (lactones) is 1. The van der Waals surface area contributed by atoms with E-state index in [1.807, 2.05) is 0 Å². The van der Waals surface area contributed by atoms with Crippen molar-refractivity contribution in [1.29, 1.82) is 0 Å². The van der Waals surface area contributed by atoms with Gasteiger partial charge in [0.2, 0.25) is 6.10 Å². The molecule has 35 heavy (non-hydrogen) atoms. The van der Waals surface area contributed by atoms with Gasteiger partial charge in [-0.25, -0.2) is 19.2 Å². The van der Waals surface area contributed by atoms with E-state index in [1.54, 1.807) is 78.9 Å². The zero-order valence-corrected chi connectivity index (χ0v) is 18.7. The van der Waals surface area contributed by atoms with Crippen molar-refractivity contribution in [2.45, 2.75) is 31.3 Å². The van der Waals surface area contributed by atoms with Gasteiger partial charge in [-0.3, -0.25) is 0 Å². The van der Waals surface area contributed by atoms with E-state index in [-0.39, 0.29) is 11.1 Å². The average Bonchev–Trinajstić information content (AvgIpc) is 3.20. The topological polar surface area (TPSA) is 105 Å². The smallest absolute Gasteiger partial charge is 0.352 e. The van der Waals surface area contributed by atoms with Crippen LogP contribution in [-0.4, -0.2) is 48.3 Å². The van der Waals surface area contributed by atoms with Gasteiger partial charge in [-0.05, 0) is 43.3 Å². The van der Waals surface area contributed by atoms with Gasteiger partial charge in [-0.1, -0.05) is 54.6 Å². The lowest BCUT2D eigenvalue weighted by molar-refractivity contribution is -0.150. The van der Waals surface area contributed by atoms with Crippen LogP contribution in [0.15, 0.2) is 91.0 Å². The molecule has 3 aromatic carbocycles. The summed E-state index contributed by atoms with van der Waals surface area (Å²) in [5.41, 5.74) is 0.738. The Labute approximate surface area is 201 Å². The van der Waals surface area contributed by atoms with Crippen LogP contribution in [0.25, 0.3) is 0 Å². The predicted molar refractivity (Wildman–Crippen MR) is 122 cm³/mol. The summed E-state index contributed by atoms with van der Waals surface area (Å²) in [5.74, 6) is -3.09. The molecule has 0 aliphatic carbocycles. The molecule has 8 nitrogen and oxygen atoms in total. The number of hydrogen-bond donors (Lipinski definition) is 0. The fraction of sp³-hybridized carbons (Fsp3) is 0.185. The van der Waals surface area contributed by atoms with E-state index >= 15 is 0 Å². The van der Waals surface area contributed by atoms with Gasteiger partial charge in [0.15, 0.2) is 12.2 Å². The monoisotopic (exact) mass is 474 g/mol. The molecule has 0 saturated carbocycles. The normalized spacial score (nSPS) is 19.8. The highest BCUT2D eigenvalue weighted by Gasteiger charge is 2.53. The Morgan fingerprint density at radius 2 is 1.11 bits per heavy atom. The lowest BCUT2D eigenvalue weighted by atomic mass is 10.1. The minimum atomic E-state index is -1.54. The molecule has 4 atom stereocenters. The molecular weight excluding hydrogens is 452 g/mol. The van der Waals surface area contributed by atoms with Crippen LogP contribution in [-0.2, 0) is 23.7 Å². The SMILES string of the molecule is C[C@H](OC(=O)c1ccccc1)[C@@H]1OC(=O)[C@H](OC(=O)c2ccccc2)[C@@H]1OC(=O)c1ccccc1. The molecule has 1 saturated heterocycles. The van der Waals surface area contributed by atoms with E-state index in [0.29, 0.717) is 5.56 Å². The Hall–Kier alpha value is -4.46. The summed E-state index contributed by atoms with van der Waals surface area (Å²) < 4.78 is 21.8. The fourth-order valence-corrected chi connectivity index (χ4v) is 3.58. The standard InChI is InChI=1S/C27H22O8/c1-17(32-24(28)18-11-5-2-6-12-18)21-22(34-25(29)19-13-7-3-8-14-19)23(27(31)33-21)35-26(30)20-15-9-4-10-16-20/h2-17,21-23H,1H3/t17-,21-,22+,23+/m0/s1. The van der Waals surface area contributed by atoms with Crippen LogP contribution in [0.5, 0.6) is 0 Å². The number of hydrogen-bond acceptors (Lipinski definition) is 8. The van der Waals surface area contributed by atoms with E-state index in [4.69, 9.17) is 18.9 Å². The first kappa shape index (κ1) is 23.7. The Morgan fingerprint density at radius 3 is 1.60 bits per heavy atom. The second-order valence-corrected chi connectivity index (χ2v) is 7.81. The third-order valence-electron chi connectivity index (χ3n) is 5.37. The Bertz CT molecular complexity index is 1190. The highest BCUT2D eigenvalue weighted by atomic mass is 16.7. The summed E-state index contributed by atoms with van der Waals surface area (Å²) in [7, 11) is 0. The average molecular weight is 474 g/mol. The van der Waals surface area contributed by atoms with Gasteiger partial charge < -0.3 is 18.9 Å². The Kier molecular flexibility index (Phi) is 7.21. The van der Waals surface area contributed by atoms with Gasteiger partial charge in [-0.15, -0.1) is 0 Å². The summed E-state index contributed by atoms with van der Waals surface area (Å²) >= 11 is 0. The third-order valence-corrected chi connectivity index (χ3v) is 5.37. The molecular formula is C27H22O8. The van der Waals surface area contributed by atoms with Gasteiger partial charge in [0.05, 0.1) is 16.7 Å². The largest absolute Gasteiger partial charge is 0.455 e. The van der Waals surface area contributed by atoms with E-state index in [1.165, 1.54) is 19.1 Å². The number of ether oxygens (including phenoxy) is 4. The molecule has 1 aliphatic rings. The summed E-state index contributed by atoms with van der Waals surface area (Å²) in [6.45, 7) is 1.50. The predicted octanol–water partition coefficient (Wildman–Crippen LogP) is 3.61. The van der Waals surface area contributed by atoms with E-state index in [9.17, 15) is 19.2 Å². The van der Waals surface area contributed by atoms with Gasteiger partial charge in [0.1, 0.15) is 6.10 Å². The lowest BCUT2D eigenvalue weighted by Crippen LogP contribution is -2.44. The van der Waals surface area contributed by atoms with Gasteiger partial charge in [0, 0.05) is 0 Å². The molecule has 1 heterocycles. The highest BCUT2D eigenvalue weighted by molar-refractivity contribution is 5.93. The molecule has 0 N–H and O–H groups in total. The summed E-state index contributed by atoms with van der Waals surface area (Å²) in [6.07, 6.45) is -5.10. The minimum Gasteiger partial charge on any atom is -0.455 e. The molecule has 1 fully saturated rings. The summed E-state index contributed by atoms with van der Waals surface area (Å²) in [6, 6.07) is 24.5. The molecule has 0 aromatic heterocycles. The van der Waals surface area contributed by atoms with E-state index < -0.39 is 48.3 Å². The maximum atomic E-state index is 12.8. The zero-order valence-electron chi connectivity index (χ0n) is 18.7. The molecule has 0 spiro atoms. The van der Waals surface area contributed by atoms with Crippen LogP contribution >= 0.6 is 0 Å². The van der Waals surface area contributed by atoms with Crippen LogP contribution in [0.3, 0.4) is 0 Å². The lowest BCUT2D eigenvalue weighted by Gasteiger charge is -2.25. The summed E-state index contributed by atoms with van der Waals surface area (Å²) in [4.78, 5) is 50.7. The van der Waals surface area contributed by atoms with Crippen molar-refractivity contribution >= 4 is 23.9 Å². The summed E-state index contributed by atoms with van der Waals surface area (Å²) in [5, 5.41) is 0. The number of esters is 4. The second-order valence-electron chi connectivity index (χ2n) is 7.81. The molecule has 0 unspecified atom stereocenters. The first-order chi connectivity index (χ1) is 16.9. The van der Waals surface area contributed by atoms with Gasteiger partial charge >= 0.3 is 23.9 Å². The first-order valence-corrected chi connectivity index (χ1v) is 10.9. The van der Waals surface area contributed by atoms with Crippen molar-refractivity contribution in [3.8, 4) is 0 Å². The molecule has 1 aliphatic heterocycles. The van der Waals surface area contributed by atoms with Crippen molar-refractivity contribution in [2.24, 2.45) is 0 Å². The van der Waals surface area contributed by atoms with Crippen molar-refractivity contribution in [2.75, 3.05) is 0 Å². The van der Waals surface area contributed by atoms with Crippen LogP contribution in [0.4, 0.5) is 0 Å². The van der Waals surface area contributed by atoms with E-state index in [0.717, 1.165) is 0 Å². The second kappa shape index (κ2) is 10.6. The quantitative estimate of drug-likeness (QED) is 0.378. The number of benzene rings is 3. The van der Waals surface area contributed by atoms with Crippen LogP contribution in [0.2, 0.25) is 0 Å². The highest BCUT2D eigenvalue weighted by Crippen LogP contribution is 2.28. The van der Waals surface area contributed by atoms with Crippen molar-refractivity contribution in [3.05, 3.63) is 108 Å². The van der Waals surface area contributed by atoms with Gasteiger partial charge in [-0.2, -0.15) is 0 Å². The van der Waals surface area contributed by atoms with Gasteiger partial charge in [0.25, 0.3) is 0 Å². The maximum absolute atomic E-state index is 12.8.